The monoisotopic (exact) mass is 443 g/mol. The van der Waals surface area contributed by atoms with Gasteiger partial charge in [0, 0.05) is 39.9 Å². The molecule has 1 aromatic carbocycles. The normalized spacial score (nSPS) is 21.1. The molecular formula is C25H41N5O2. The Morgan fingerprint density at radius 3 is 2.78 bits per heavy atom. The number of amides is 1. The van der Waals surface area contributed by atoms with E-state index in [1.807, 2.05) is 0 Å². The third-order valence-electron chi connectivity index (χ3n) is 6.95. The number of piperidine rings is 1. The van der Waals surface area contributed by atoms with Crippen LogP contribution >= 0.6 is 0 Å². The number of nitrogens with two attached hydrogens (primary N) is 1. The first-order valence-electron chi connectivity index (χ1n) is 12.1. The van der Waals surface area contributed by atoms with Gasteiger partial charge in [-0.1, -0.05) is 30.7 Å². The molecule has 1 aliphatic heterocycles. The third-order valence-corrected chi connectivity index (χ3v) is 6.95. The number of nitrogens with zero attached hydrogens (tertiary/aromatic N) is 2. The van der Waals surface area contributed by atoms with E-state index in [0.717, 1.165) is 64.6 Å². The van der Waals surface area contributed by atoms with E-state index in [9.17, 15) is 4.79 Å². The fraction of sp³-hybridized carbons (Fsp3) is 0.680. The van der Waals surface area contributed by atoms with Gasteiger partial charge < -0.3 is 21.1 Å². The number of likely N-dealkylation sites (tertiary alicyclic amines) is 1. The summed E-state index contributed by atoms with van der Waals surface area (Å²) in [6.45, 7) is 7.96. The second-order valence-corrected chi connectivity index (χ2v) is 9.44. The van der Waals surface area contributed by atoms with Gasteiger partial charge in [-0.15, -0.1) is 0 Å². The maximum Gasteiger partial charge on any atom is 0.221 e. The van der Waals surface area contributed by atoms with Gasteiger partial charge in [-0.3, -0.25) is 9.69 Å². The number of primary amides is 1. The molecule has 3 rings (SSSR count). The van der Waals surface area contributed by atoms with Crippen LogP contribution in [0.2, 0.25) is 0 Å². The van der Waals surface area contributed by atoms with Crippen molar-refractivity contribution in [3.05, 3.63) is 35.4 Å². The lowest BCUT2D eigenvalue weighted by Gasteiger charge is -2.42. The zero-order valence-electron chi connectivity index (χ0n) is 19.9. The molecule has 0 spiro atoms. The van der Waals surface area contributed by atoms with Gasteiger partial charge in [0.05, 0.1) is 12.5 Å². The molecule has 1 aliphatic carbocycles. The molecule has 1 saturated carbocycles. The number of hydrogen-bond donors (Lipinski definition) is 3. The molecule has 1 saturated heterocycles. The minimum atomic E-state index is -0.174. The molecule has 1 aromatic rings. The molecule has 0 radical (unpaired) electrons. The number of carbonyl (C=O) groups is 1. The van der Waals surface area contributed by atoms with E-state index in [0.29, 0.717) is 12.0 Å². The van der Waals surface area contributed by atoms with Crippen molar-refractivity contribution in [2.75, 3.05) is 39.9 Å². The summed E-state index contributed by atoms with van der Waals surface area (Å²) in [6.07, 6.45) is 6.87. The third kappa shape index (κ3) is 7.20. The van der Waals surface area contributed by atoms with E-state index in [1.165, 1.54) is 30.4 Å². The fourth-order valence-electron chi connectivity index (χ4n) is 4.81. The highest BCUT2D eigenvalue weighted by Crippen LogP contribution is 2.43. The zero-order chi connectivity index (χ0) is 22.8. The Morgan fingerprint density at radius 2 is 2.09 bits per heavy atom. The summed E-state index contributed by atoms with van der Waals surface area (Å²) in [6, 6.07) is 8.61. The van der Waals surface area contributed by atoms with Crippen molar-refractivity contribution in [1.82, 2.24) is 15.5 Å². The van der Waals surface area contributed by atoms with Crippen molar-refractivity contribution in [2.45, 2.75) is 58.5 Å². The van der Waals surface area contributed by atoms with Crippen molar-refractivity contribution < 1.29 is 9.53 Å². The highest BCUT2D eigenvalue weighted by molar-refractivity contribution is 5.79. The molecule has 7 nitrogen and oxygen atoms in total. The van der Waals surface area contributed by atoms with Gasteiger partial charge in [0.2, 0.25) is 5.91 Å². The standard InChI is InChI=1S/C25H41N5O2/c1-3-27-24(29-19-25(10-6-11-25)12-14-32-2)28-16-20-7-4-8-21(15-20)17-30-13-5-9-22(18-30)23(26)31/h4,7-8,15,22H,3,5-6,9-14,16-19H2,1-2H3,(H2,26,31)(H2,27,28,29). The first-order chi connectivity index (χ1) is 15.5. The minimum absolute atomic E-state index is 0.0202. The maximum absolute atomic E-state index is 11.6. The van der Waals surface area contributed by atoms with Crippen LogP contribution in [0, 0.1) is 11.3 Å². The van der Waals surface area contributed by atoms with Gasteiger partial charge in [0.25, 0.3) is 0 Å². The molecule has 0 aromatic heterocycles. The molecule has 4 N–H and O–H groups in total. The molecule has 32 heavy (non-hydrogen) atoms. The Hall–Kier alpha value is -2.12. The van der Waals surface area contributed by atoms with Crippen LogP contribution in [0.25, 0.3) is 0 Å². The average molecular weight is 444 g/mol. The van der Waals surface area contributed by atoms with Crippen molar-refractivity contribution in [3.63, 3.8) is 0 Å². The average Bonchev–Trinajstić information content (AvgIpc) is 2.77. The van der Waals surface area contributed by atoms with Crippen LogP contribution in [0.15, 0.2) is 29.3 Å². The molecule has 1 unspecified atom stereocenters. The number of methoxy groups -OCH3 is 1. The van der Waals surface area contributed by atoms with Crippen molar-refractivity contribution in [1.29, 1.82) is 0 Å². The minimum Gasteiger partial charge on any atom is -0.385 e. The van der Waals surface area contributed by atoms with Gasteiger partial charge in [-0.05, 0) is 62.1 Å². The first-order valence-corrected chi connectivity index (χ1v) is 12.1. The molecule has 1 amide bonds. The predicted molar refractivity (Wildman–Crippen MR) is 129 cm³/mol. The summed E-state index contributed by atoms with van der Waals surface area (Å²) in [5.74, 6) is 0.683. The van der Waals surface area contributed by atoms with E-state index >= 15 is 0 Å². The highest BCUT2D eigenvalue weighted by atomic mass is 16.5. The fourth-order valence-corrected chi connectivity index (χ4v) is 4.81. The lowest BCUT2D eigenvalue weighted by molar-refractivity contribution is -0.123. The van der Waals surface area contributed by atoms with Crippen LogP contribution in [0.5, 0.6) is 0 Å². The quantitative estimate of drug-likeness (QED) is 0.361. The molecular weight excluding hydrogens is 402 g/mol. The lowest BCUT2D eigenvalue weighted by atomic mass is 9.67. The largest absolute Gasteiger partial charge is 0.385 e. The van der Waals surface area contributed by atoms with Gasteiger partial charge in [0.15, 0.2) is 5.96 Å². The number of hydrogen-bond acceptors (Lipinski definition) is 4. The maximum atomic E-state index is 11.6. The molecule has 1 atom stereocenters. The number of aliphatic imine (C=N–C) groups is 1. The highest BCUT2D eigenvalue weighted by Gasteiger charge is 2.36. The van der Waals surface area contributed by atoms with E-state index in [1.54, 1.807) is 7.11 Å². The molecule has 2 fully saturated rings. The number of rotatable bonds is 11. The van der Waals surface area contributed by atoms with Gasteiger partial charge in [0.1, 0.15) is 0 Å². The van der Waals surface area contributed by atoms with E-state index in [4.69, 9.17) is 15.5 Å². The van der Waals surface area contributed by atoms with Crippen LogP contribution in [-0.2, 0) is 22.6 Å². The molecule has 2 aliphatic rings. The van der Waals surface area contributed by atoms with Crippen molar-refractivity contribution in [3.8, 4) is 0 Å². The number of nitrogens with one attached hydrogen (secondary N) is 2. The molecule has 1 heterocycles. The molecule has 178 valence electrons. The van der Waals surface area contributed by atoms with Crippen LogP contribution in [0.1, 0.15) is 56.6 Å². The first kappa shape index (κ1) is 24.5. The Kier molecular flexibility index (Phi) is 9.36. The van der Waals surface area contributed by atoms with Gasteiger partial charge in [-0.2, -0.15) is 0 Å². The molecule has 7 heteroatoms. The number of carbonyl (C=O) groups excluding carboxylic acids is 1. The second-order valence-electron chi connectivity index (χ2n) is 9.44. The predicted octanol–water partition coefficient (Wildman–Crippen LogP) is 2.65. The topological polar surface area (TPSA) is 92.0 Å². The number of benzene rings is 1. The van der Waals surface area contributed by atoms with Crippen LogP contribution in [-0.4, -0.2) is 56.7 Å². The van der Waals surface area contributed by atoms with Gasteiger partial charge in [-0.25, -0.2) is 4.99 Å². The second kappa shape index (κ2) is 12.2. The van der Waals surface area contributed by atoms with Crippen LogP contribution in [0.3, 0.4) is 0 Å². The summed E-state index contributed by atoms with van der Waals surface area (Å²) in [5, 5.41) is 6.95. The zero-order valence-corrected chi connectivity index (χ0v) is 19.9. The smallest absolute Gasteiger partial charge is 0.221 e. The van der Waals surface area contributed by atoms with Crippen molar-refractivity contribution >= 4 is 11.9 Å². The van der Waals surface area contributed by atoms with Crippen LogP contribution in [0.4, 0.5) is 0 Å². The van der Waals surface area contributed by atoms with E-state index in [2.05, 4.69) is 46.7 Å². The summed E-state index contributed by atoms with van der Waals surface area (Å²) in [4.78, 5) is 18.7. The summed E-state index contributed by atoms with van der Waals surface area (Å²) in [7, 11) is 1.78. The summed E-state index contributed by atoms with van der Waals surface area (Å²) in [5.41, 5.74) is 8.33. The van der Waals surface area contributed by atoms with Crippen molar-refractivity contribution in [2.24, 2.45) is 22.1 Å². The van der Waals surface area contributed by atoms with E-state index in [-0.39, 0.29) is 11.8 Å². The summed E-state index contributed by atoms with van der Waals surface area (Å²) >= 11 is 0. The Morgan fingerprint density at radius 1 is 1.28 bits per heavy atom. The number of ether oxygens (including phenoxy) is 1. The van der Waals surface area contributed by atoms with E-state index < -0.39 is 0 Å². The lowest BCUT2D eigenvalue weighted by Crippen LogP contribution is -2.46. The summed E-state index contributed by atoms with van der Waals surface area (Å²) < 4.78 is 5.32. The molecule has 0 bridgehead atoms. The number of guanidine groups is 1. The van der Waals surface area contributed by atoms with Crippen LogP contribution < -0.4 is 16.4 Å². The Balaban J connectivity index is 1.55. The van der Waals surface area contributed by atoms with Gasteiger partial charge >= 0.3 is 0 Å². The SMILES string of the molecule is CCNC(=NCc1cccc(CN2CCCC(C(N)=O)C2)c1)NCC1(CCOC)CCC1. The Bertz CT molecular complexity index is 762. The Labute approximate surface area is 193 Å².